The molecule has 2 aromatic carbocycles. The van der Waals surface area contributed by atoms with E-state index in [1.807, 2.05) is 61.5 Å². The smallest absolute Gasteiger partial charge is 0.234 e. The number of hydrogen-bond acceptors (Lipinski definition) is 7. The Morgan fingerprint density at radius 3 is 2.29 bits per heavy atom. The molecule has 0 spiro atoms. The molecule has 1 N–H and O–H groups in total. The van der Waals surface area contributed by atoms with Crippen LogP contribution >= 0.6 is 25.3 Å². The van der Waals surface area contributed by atoms with E-state index in [4.69, 9.17) is 4.74 Å². The minimum atomic E-state index is -0.0539. The van der Waals surface area contributed by atoms with Crippen LogP contribution in [0.15, 0.2) is 54.6 Å². The molecule has 0 saturated heterocycles. The Labute approximate surface area is 214 Å². The van der Waals surface area contributed by atoms with Crippen molar-refractivity contribution in [1.29, 1.82) is 0 Å². The predicted molar refractivity (Wildman–Crippen MR) is 148 cm³/mol. The van der Waals surface area contributed by atoms with Crippen molar-refractivity contribution in [1.82, 2.24) is 10.2 Å². The summed E-state index contributed by atoms with van der Waals surface area (Å²) in [5.74, 6) is 1.97. The molecule has 0 aliphatic carbocycles. The summed E-state index contributed by atoms with van der Waals surface area (Å²) in [6.07, 6.45) is 4.19. The van der Waals surface area contributed by atoms with E-state index in [0.29, 0.717) is 42.5 Å². The van der Waals surface area contributed by atoms with Gasteiger partial charge in [-0.1, -0.05) is 18.2 Å². The van der Waals surface area contributed by atoms with Crippen molar-refractivity contribution in [2.45, 2.75) is 6.42 Å². The largest absolute Gasteiger partial charge is 0.494 e. The zero-order valence-corrected chi connectivity index (χ0v) is 21.7. The van der Waals surface area contributed by atoms with E-state index in [0.717, 1.165) is 30.8 Å². The molecular formula is C26H35N3O3S2. The van der Waals surface area contributed by atoms with E-state index >= 15 is 0 Å². The molecule has 0 aromatic heterocycles. The number of benzene rings is 2. The first-order valence-corrected chi connectivity index (χ1v) is 12.6. The van der Waals surface area contributed by atoms with Gasteiger partial charge in [0.1, 0.15) is 5.75 Å². The van der Waals surface area contributed by atoms with E-state index < -0.39 is 0 Å². The van der Waals surface area contributed by atoms with E-state index in [2.05, 4.69) is 35.5 Å². The van der Waals surface area contributed by atoms with E-state index in [1.165, 1.54) is 0 Å². The summed E-state index contributed by atoms with van der Waals surface area (Å²) in [5.41, 5.74) is 2.70. The normalized spacial score (nSPS) is 11.1. The number of hydrogen-bond donors (Lipinski definition) is 3. The van der Waals surface area contributed by atoms with Crippen LogP contribution in [-0.2, 0) is 4.79 Å². The van der Waals surface area contributed by atoms with Crippen LogP contribution in [0.25, 0.3) is 6.08 Å². The van der Waals surface area contributed by atoms with Crippen molar-refractivity contribution in [3.63, 3.8) is 0 Å². The fourth-order valence-corrected chi connectivity index (χ4v) is 3.61. The lowest BCUT2D eigenvalue weighted by atomic mass is 10.1. The molecule has 184 valence electrons. The number of carbonyl (C=O) groups is 2. The molecule has 0 bridgehead atoms. The van der Waals surface area contributed by atoms with Gasteiger partial charge in [-0.25, -0.2) is 0 Å². The first kappa shape index (κ1) is 27.8. The van der Waals surface area contributed by atoms with Gasteiger partial charge >= 0.3 is 0 Å². The van der Waals surface area contributed by atoms with Crippen molar-refractivity contribution in [2.75, 3.05) is 63.3 Å². The number of thiol groups is 2. The van der Waals surface area contributed by atoms with Crippen LogP contribution in [0.5, 0.6) is 5.75 Å². The SMILES string of the molecule is CN(C)c1ccc(/C=C/C(=O)c2ccc(OCCCN(CCS)CC(=O)NCCS)cc2)cc1. The van der Waals surface area contributed by atoms with Gasteiger partial charge < -0.3 is 15.0 Å². The molecule has 0 aliphatic heterocycles. The number of ether oxygens (including phenoxy) is 1. The molecule has 0 heterocycles. The average molecular weight is 502 g/mol. The molecule has 0 saturated carbocycles. The maximum atomic E-state index is 12.5. The number of nitrogens with one attached hydrogen (secondary N) is 1. The standard InChI is InChI=1S/C26H35N3O3S2/c1-28(2)23-9-4-21(5-10-23)6-13-25(30)22-7-11-24(12-8-22)32-17-3-15-29(16-19-34)20-26(31)27-14-18-33/h4-13,33-34H,3,14-20H2,1-2H3,(H,27,31)/b13-6+. The van der Waals surface area contributed by atoms with Crippen LogP contribution < -0.4 is 15.0 Å². The molecule has 1 amide bonds. The van der Waals surface area contributed by atoms with Crippen LogP contribution in [0, 0.1) is 0 Å². The van der Waals surface area contributed by atoms with Gasteiger partial charge in [0, 0.05) is 56.5 Å². The highest BCUT2D eigenvalue weighted by Crippen LogP contribution is 2.16. The molecule has 0 fully saturated rings. The first-order valence-electron chi connectivity index (χ1n) is 11.4. The molecule has 0 aliphatic rings. The molecule has 0 unspecified atom stereocenters. The third-order valence-electron chi connectivity index (χ3n) is 5.08. The monoisotopic (exact) mass is 501 g/mol. The highest BCUT2D eigenvalue weighted by Gasteiger charge is 2.10. The number of carbonyl (C=O) groups excluding carboxylic acids is 2. The fraction of sp³-hybridized carbons (Fsp3) is 0.385. The second-order valence-corrected chi connectivity index (χ2v) is 8.88. The van der Waals surface area contributed by atoms with E-state index in [1.54, 1.807) is 18.2 Å². The summed E-state index contributed by atoms with van der Waals surface area (Å²) in [5, 5.41) is 2.83. The van der Waals surface area contributed by atoms with Crippen molar-refractivity contribution >= 4 is 48.7 Å². The number of anilines is 1. The number of amides is 1. The second-order valence-electron chi connectivity index (χ2n) is 7.98. The Morgan fingerprint density at radius 2 is 1.68 bits per heavy atom. The molecule has 8 heteroatoms. The molecule has 2 aromatic rings. The van der Waals surface area contributed by atoms with Crippen molar-refractivity contribution in [3.8, 4) is 5.75 Å². The number of ketones is 1. The summed E-state index contributed by atoms with van der Waals surface area (Å²) in [7, 11) is 3.99. The van der Waals surface area contributed by atoms with E-state index in [9.17, 15) is 9.59 Å². The van der Waals surface area contributed by atoms with Gasteiger partial charge in [-0.3, -0.25) is 14.5 Å². The van der Waals surface area contributed by atoms with Crippen molar-refractivity contribution in [3.05, 3.63) is 65.7 Å². The molecule has 0 radical (unpaired) electrons. The van der Waals surface area contributed by atoms with Gasteiger partial charge in [-0.05, 0) is 54.5 Å². The van der Waals surface area contributed by atoms with Crippen molar-refractivity contribution < 1.29 is 14.3 Å². The predicted octanol–water partition coefficient (Wildman–Crippen LogP) is 3.70. The number of nitrogens with zero attached hydrogens (tertiary/aromatic N) is 2. The quantitative estimate of drug-likeness (QED) is 0.150. The lowest BCUT2D eigenvalue weighted by Gasteiger charge is -2.20. The Balaban J connectivity index is 1.78. The summed E-state index contributed by atoms with van der Waals surface area (Å²) < 4.78 is 5.81. The van der Waals surface area contributed by atoms with Crippen LogP contribution in [0.3, 0.4) is 0 Å². The Hall–Kier alpha value is -2.42. The Bertz CT molecular complexity index is 916. The maximum Gasteiger partial charge on any atom is 0.234 e. The highest BCUT2D eigenvalue weighted by molar-refractivity contribution is 7.80. The third kappa shape index (κ3) is 10.2. The zero-order chi connectivity index (χ0) is 24.8. The number of allylic oxidation sites excluding steroid dienone is 1. The van der Waals surface area contributed by atoms with Crippen LogP contribution in [-0.4, -0.2) is 75.0 Å². The molecule has 34 heavy (non-hydrogen) atoms. The minimum Gasteiger partial charge on any atom is -0.494 e. The second kappa shape index (κ2) is 15.5. The molecule has 6 nitrogen and oxygen atoms in total. The van der Waals surface area contributed by atoms with Gasteiger partial charge in [-0.2, -0.15) is 25.3 Å². The summed E-state index contributed by atoms with van der Waals surface area (Å²) in [4.78, 5) is 28.5. The van der Waals surface area contributed by atoms with Gasteiger partial charge in [0.25, 0.3) is 0 Å². The highest BCUT2D eigenvalue weighted by atomic mass is 32.1. The zero-order valence-electron chi connectivity index (χ0n) is 19.9. The molecule has 0 atom stereocenters. The minimum absolute atomic E-state index is 0.00312. The fourth-order valence-electron chi connectivity index (χ4n) is 3.21. The van der Waals surface area contributed by atoms with Gasteiger partial charge in [-0.15, -0.1) is 0 Å². The molecular weight excluding hydrogens is 466 g/mol. The Kier molecular flexibility index (Phi) is 12.7. The maximum absolute atomic E-state index is 12.5. The van der Waals surface area contributed by atoms with Crippen LogP contribution in [0.1, 0.15) is 22.3 Å². The number of rotatable bonds is 15. The van der Waals surface area contributed by atoms with Gasteiger partial charge in [0.2, 0.25) is 5.91 Å². The lowest BCUT2D eigenvalue weighted by Crippen LogP contribution is -2.39. The first-order chi connectivity index (χ1) is 16.4. The van der Waals surface area contributed by atoms with Gasteiger partial charge in [0.15, 0.2) is 5.78 Å². The van der Waals surface area contributed by atoms with E-state index in [-0.39, 0.29) is 11.7 Å². The van der Waals surface area contributed by atoms with Crippen LogP contribution in [0.2, 0.25) is 0 Å². The summed E-state index contributed by atoms with van der Waals surface area (Å²) >= 11 is 8.38. The topological polar surface area (TPSA) is 61.9 Å². The van der Waals surface area contributed by atoms with Crippen molar-refractivity contribution in [2.24, 2.45) is 0 Å². The summed E-state index contributed by atoms with van der Waals surface area (Å²) in [6.45, 7) is 2.92. The van der Waals surface area contributed by atoms with Gasteiger partial charge in [0.05, 0.1) is 13.2 Å². The lowest BCUT2D eigenvalue weighted by molar-refractivity contribution is -0.122. The average Bonchev–Trinajstić information content (AvgIpc) is 2.84. The molecule has 2 rings (SSSR count). The Morgan fingerprint density at radius 1 is 0.971 bits per heavy atom. The van der Waals surface area contributed by atoms with Crippen LogP contribution in [0.4, 0.5) is 5.69 Å². The third-order valence-corrected chi connectivity index (χ3v) is 5.50. The summed E-state index contributed by atoms with van der Waals surface area (Å²) in [6, 6.07) is 15.2.